The molecular formula is C13H17ClN2. The zero-order valence-corrected chi connectivity index (χ0v) is 10.7. The number of halogens is 1. The summed E-state index contributed by atoms with van der Waals surface area (Å²) < 4.78 is 0. The highest BCUT2D eigenvalue weighted by Gasteiger charge is 2.59. The van der Waals surface area contributed by atoms with E-state index in [-0.39, 0.29) is 0 Å². The maximum Gasteiger partial charge on any atom is 0.129 e. The molecule has 2 unspecified atom stereocenters. The van der Waals surface area contributed by atoms with Gasteiger partial charge >= 0.3 is 0 Å². The molecule has 0 saturated carbocycles. The predicted octanol–water partition coefficient (Wildman–Crippen LogP) is 2.97. The molecule has 1 aromatic rings. The number of aromatic nitrogens is 1. The van der Waals surface area contributed by atoms with E-state index in [1.54, 1.807) is 0 Å². The first kappa shape index (κ1) is 10.5. The third-order valence-electron chi connectivity index (χ3n) is 4.60. The molecule has 3 atom stereocenters. The molecule has 0 radical (unpaired) electrons. The van der Waals surface area contributed by atoms with E-state index < -0.39 is 0 Å². The molecule has 0 spiro atoms. The molecule has 1 saturated heterocycles. The largest absolute Gasteiger partial charge is 0.306 e. The lowest BCUT2D eigenvalue weighted by molar-refractivity contribution is -0.0123. The molecule has 86 valence electrons. The molecule has 0 amide bonds. The van der Waals surface area contributed by atoms with Crippen LogP contribution in [0.5, 0.6) is 0 Å². The first-order valence-corrected chi connectivity index (χ1v) is 6.35. The van der Waals surface area contributed by atoms with Crippen molar-refractivity contribution in [3.8, 4) is 0 Å². The molecule has 16 heavy (non-hydrogen) atoms. The number of pyridine rings is 1. The molecule has 1 aliphatic carbocycles. The van der Waals surface area contributed by atoms with E-state index in [1.165, 1.54) is 11.3 Å². The first-order chi connectivity index (χ1) is 7.55. The molecule has 0 bridgehead atoms. The fraction of sp³-hybridized carbons (Fsp3) is 0.615. The van der Waals surface area contributed by atoms with Gasteiger partial charge in [0.25, 0.3) is 0 Å². The summed E-state index contributed by atoms with van der Waals surface area (Å²) in [6, 6.07) is 5.10. The number of hydrogen-bond acceptors (Lipinski definition) is 2. The summed E-state index contributed by atoms with van der Waals surface area (Å²) >= 11 is 5.97. The average molecular weight is 237 g/mol. The van der Waals surface area contributed by atoms with Crippen molar-refractivity contribution in [3.05, 3.63) is 28.5 Å². The van der Waals surface area contributed by atoms with Crippen LogP contribution in [-0.2, 0) is 6.42 Å². The quantitative estimate of drug-likeness (QED) is 0.759. The van der Waals surface area contributed by atoms with Crippen LogP contribution in [0.2, 0.25) is 5.15 Å². The highest BCUT2D eigenvalue weighted by molar-refractivity contribution is 6.29. The van der Waals surface area contributed by atoms with E-state index >= 15 is 0 Å². The van der Waals surface area contributed by atoms with Crippen LogP contribution in [0, 0.1) is 11.3 Å². The molecule has 0 aromatic carbocycles. The van der Waals surface area contributed by atoms with Crippen LogP contribution in [0.25, 0.3) is 0 Å². The molecule has 2 aliphatic rings. The molecule has 1 aromatic heterocycles. The highest BCUT2D eigenvalue weighted by atomic mass is 35.5. The van der Waals surface area contributed by atoms with E-state index in [2.05, 4.69) is 37.1 Å². The van der Waals surface area contributed by atoms with Gasteiger partial charge in [-0.2, -0.15) is 0 Å². The van der Waals surface area contributed by atoms with Gasteiger partial charge < -0.3 is 5.32 Å². The summed E-state index contributed by atoms with van der Waals surface area (Å²) in [7, 11) is 0. The van der Waals surface area contributed by atoms with Gasteiger partial charge in [-0.05, 0) is 30.9 Å². The second kappa shape index (κ2) is 3.21. The van der Waals surface area contributed by atoms with Crippen LogP contribution in [-0.4, -0.2) is 11.0 Å². The van der Waals surface area contributed by atoms with E-state index in [4.69, 9.17) is 11.6 Å². The summed E-state index contributed by atoms with van der Waals surface area (Å²) in [6.45, 7) is 6.92. The average Bonchev–Trinajstić information content (AvgIpc) is 2.48. The van der Waals surface area contributed by atoms with Gasteiger partial charge in [0, 0.05) is 23.2 Å². The topological polar surface area (TPSA) is 24.9 Å². The van der Waals surface area contributed by atoms with Crippen LogP contribution in [0.15, 0.2) is 12.1 Å². The zero-order valence-electron chi connectivity index (χ0n) is 9.92. The fourth-order valence-electron chi connectivity index (χ4n) is 3.57. The van der Waals surface area contributed by atoms with E-state index in [9.17, 15) is 0 Å². The van der Waals surface area contributed by atoms with Gasteiger partial charge in [0.1, 0.15) is 5.15 Å². The molecule has 1 fully saturated rings. The number of nitrogens with one attached hydrogen (secondary N) is 1. The van der Waals surface area contributed by atoms with Crippen molar-refractivity contribution in [1.29, 1.82) is 0 Å². The summed E-state index contributed by atoms with van der Waals surface area (Å²) in [5.41, 5.74) is 2.92. The summed E-state index contributed by atoms with van der Waals surface area (Å²) in [5.74, 6) is 0.668. The molecular weight excluding hydrogens is 220 g/mol. The third kappa shape index (κ3) is 1.09. The van der Waals surface area contributed by atoms with Crippen molar-refractivity contribution in [2.75, 3.05) is 0 Å². The van der Waals surface area contributed by atoms with Gasteiger partial charge in [0.05, 0.1) is 0 Å². The third-order valence-corrected chi connectivity index (χ3v) is 4.81. The first-order valence-electron chi connectivity index (χ1n) is 5.97. The van der Waals surface area contributed by atoms with Crippen LogP contribution >= 0.6 is 11.6 Å². The summed E-state index contributed by atoms with van der Waals surface area (Å²) in [4.78, 5) is 4.48. The molecule has 1 N–H and O–H groups in total. The normalized spacial score (nSPS) is 35.8. The highest BCUT2D eigenvalue weighted by Crippen LogP contribution is 2.58. The van der Waals surface area contributed by atoms with Crippen molar-refractivity contribution < 1.29 is 0 Å². The monoisotopic (exact) mass is 236 g/mol. The van der Waals surface area contributed by atoms with Crippen LogP contribution in [0.4, 0.5) is 0 Å². The molecule has 3 rings (SSSR count). The van der Waals surface area contributed by atoms with Crippen molar-refractivity contribution in [1.82, 2.24) is 10.3 Å². The van der Waals surface area contributed by atoms with Gasteiger partial charge in [-0.1, -0.05) is 31.5 Å². The minimum atomic E-state index is 0.361. The van der Waals surface area contributed by atoms with Gasteiger partial charge in [-0.15, -0.1) is 0 Å². The smallest absolute Gasteiger partial charge is 0.129 e. The Bertz CT molecular complexity index is 437. The zero-order chi connectivity index (χ0) is 11.5. The summed E-state index contributed by atoms with van der Waals surface area (Å²) in [5, 5.41) is 4.24. The Kier molecular flexibility index (Phi) is 2.11. The van der Waals surface area contributed by atoms with Crippen molar-refractivity contribution in [3.63, 3.8) is 0 Å². The maximum atomic E-state index is 5.97. The van der Waals surface area contributed by atoms with Crippen molar-refractivity contribution >= 4 is 11.6 Å². The number of nitrogens with zero attached hydrogens (tertiary/aromatic N) is 1. The van der Waals surface area contributed by atoms with E-state index in [1.807, 2.05) is 6.07 Å². The number of hydrogen-bond donors (Lipinski definition) is 1. The van der Waals surface area contributed by atoms with Gasteiger partial charge in [0.2, 0.25) is 0 Å². The van der Waals surface area contributed by atoms with Crippen LogP contribution in [0.1, 0.15) is 38.1 Å². The van der Waals surface area contributed by atoms with Crippen molar-refractivity contribution in [2.24, 2.45) is 11.3 Å². The van der Waals surface area contributed by atoms with Crippen molar-refractivity contribution in [2.45, 2.75) is 39.3 Å². The van der Waals surface area contributed by atoms with Gasteiger partial charge in [-0.25, -0.2) is 4.98 Å². The second-order valence-corrected chi connectivity index (χ2v) is 5.82. The lowest BCUT2D eigenvalue weighted by Crippen LogP contribution is -2.63. The fourth-order valence-corrected chi connectivity index (χ4v) is 3.73. The second-order valence-electron chi connectivity index (χ2n) is 5.44. The minimum Gasteiger partial charge on any atom is -0.306 e. The number of fused-ring (bicyclic) bond motifs is 3. The Hall–Kier alpha value is -0.600. The Balaban J connectivity index is 2.07. The molecule has 2 heterocycles. The Morgan fingerprint density at radius 1 is 1.50 bits per heavy atom. The van der Waals surface area contributed by atoms with E-state index in [0.717, 1.165) is 6.42 Å². The van der Waals surface area contributed by atoms with Crippen LogP contribution in [0.3, 0.4) is 0 Å². The maximum absolute atomic E-state index is 5.97. The van der Waals surface area contributed by atoms with Gasteiger partial charge in [-0.3, -0.25) is 0 Å². The lowest BCUT2D eigenvalue weighted by Gasteiger charge is -2.55. The predicted molar refractivity (Wildman–Crippen MR) is 65.6 cm³/mol. The van der Waals surface area contributed by atoms with E-state index in [0.29, 0.717) is 28.6 Å². The summed E-state index contributed by atoms with van der Waals surface area (Å²) in [6.07, 6.45) is 1.07. The molecule has 1 aliphatic heterocycles. The Morgan fingerprint density at radius 3 is 2.88 bits per heavy atom. The lowest BCUT2D eigenvalue weighted by atomic mass is 9.61. The Labute approximate surface area is 101 Å². The molecule has 2 nitrogen and oxygen atoms in total. The van der Waals surface area contributed by atoms with Crippen LogP contribution < -0.4 is 5.32 Å². The molecule has 3 heteroatoms. The Morgan fingerprint density at radius 2 is 2.25 bits per heavy atom. The minimum absolute atomic E-state index is 0.361. The number of rotatable bonds is 1. The SMILES string of the molecule is CC(C)C12Cc3nc(Cl)ccc3[C@H]1NC2C. The van der Waals surface area contributed by atoms with Gasteiger partial charge in [0.15, 0.2) is 0 Å². The standard InChI is InChI=1S/C13H17ClN2/c1-7(2)13-6-10-9(4-5-11(14)16-10)12(13)15-8(13)3/h4-5,7-8,12,15H,6H2,1-3H3/t8?,12-,13?/m1/s1.